The second-order valence-electron chi connectivity index (χ2n) is 4.08. The Bertz CT molecular complexity index is 525. The van der Waals surface area contributed by atoms with Crippen LogP contribution in [0.1, 0.15) is 11.1 Å². The predicted molar refractivity (Wildman–Crippen MR) is 79.4 cm³/mol. The average Bonchev–Trinajstić information content (AvgIpc) is 2.52. The lowest BCUT2D eigenvalue weighted by molar-refractivity contribution is -0.139. The third-order valence-electron chi connectivity index (χ3n) is 2.61. The molecule has 2 heterocycles. The van der Waals surface area contributed by atoms with Gasteiger partial charge in [-0.05, 0) is 35.4 Å². The molecule has 0 saturated heterocycles. The maximum absolute atomic E-state index is 11.6. The smallest absolute Gasteiger partial charge is 0.309 e. The van der Waals surface area contributed by atoms with Gasteiger partial charge in [0.2, 0.25) is 0 Å². The number of halogens is 1. The van der Waals surface area contributed by atoms with Gasteiger partial charge in [0.1, 0.15) is 0 Å². The molecule has 2 amide bonds. The van der Waals surface area contributed by atoms with Crippen LogP contribution in [0.4, 0.5) is 0 Å². The molecule has 0 aromatic carbocycles. The summed E-state index contributed by atoms with van der Waals surface area (Å²) in [4.78, 5) is 30.9. The van der Waals surface area contributed by atoms with E-state index in [4.69, 9.17) is 0 Å². The molecule has 0 bridgehead atoms. The first kappa shape index (κ1) is 16.6. The van der Waals surface area contributed by atoms with Crippen LogP contribution in [0.3, 0.4) is 0 Å². The summed E-state index contributed by atoms with van der Waals surface area (Å²) in [5, 5.41) is 5.09. The summed E-state index contributed by atoms with van der Waals surface area (Å²) in [7, 11) is 0. The Morgan fingerprint density at radius 2 is 1.10 bits per heavy atom. The molecule has 2 N–H and O–H groups in total. The monoisotopic (exact) mass is 306 g/mol. The molecule has 0 fully saturated rings. The zero-order chi connectivity index (χ0) is 14.2. The number of aromatic nitrogens is 2. The molecular weight excluding hydrogens is 292 g/mol. The first-order chi connectivity index (χ1) is 9.75. The highest BCUT2D eigenvalue weighted by molar-refractivity contribution is 6.35. The second kappa shape index (κ2) is 8.65. The van der Waals surface area contributed by atoms with Gasteiger partial charge in [-0.25, -0.2) is 0 Å². The van der Waals surface area contributed by atoms with Gasteiger partial charge in [-0.2, -0.15) is 0 Å². The summed E-state index contributed by atoms with van der Waals surface area (Å²) >= 11 is 0. The Hall–Kier alpha value is -2.47. The Morgan fingerprint density at radius 3 is 1.43 bits per heavy atom. The largest absolute Gasteiger partial charge is 0.344 e. The van der Waals surface area contributed by atoms with Crippen LogP contribution in [-0.4, -0.2) is 21.8 Å². The highest BCUT2D eigenvalue weighted by Gasteiger charge is 2.12. The Labute approximate surface area is 128 Å². The molecule has 0 aliphatic heterocycles. The molecule has 0 saturated carbocycles. The highest BCUT2D eigenvalue weighted by atomic mass is 35.5. The number of nitrogens with zero attached hydrogens (tertiary/aromatic N) is 2. The number of hydrogen-bond acceptors (Lipinski definition) is 4. The van der Waals surface area contributed by atoms with Crippen molar-refractivity contribution in [1.29, 1.82) is 0 Å². The van der Waals surface area contributed by atoms with Crippen LogP contribution >= 0.6 is 12.4 Å². The molecule has 0 unspecified atom stereocenters. The zero-order valence-electron chi connectivity index (χ0n) is 11.2. The lowest BCUT2D eigenvalue weighted by Crippen LogP contribution is -2.39. The van der Waals surface area contributed by atoms with E-state index in [2.05, 4.69) is 20.6 Å². The number of rotatable bonds is 4. The van der Waals surface area contributed by atoms with Gasteiger partial charge in [-0.15, -0.1) is 12.4 Å². The average molecular weight is 307 g/mol. The number of carbonyl (C=O) groups excluding carboxylic acids is 2. The van der Waals surface area contributed by atoms with E-state index in [1.807, 2.05) is 0 Å². The summed E-state index contributed by atoms with van der Waals surface area (Å²) in [6, 6.07) is 7.09. The van der Waals surface area contributed by atoms with Crippen molar-refractivity contribution in [3.63, 3.8) is 0 Å². The topological polar surface area (TPSA) is 84.0 Å². The summed E-state index contributed by atoms with van der Waals surface area (Å²) in [6.45, 7) is 0.591. The van der Waals surface area contributed by atoms with Crippen LogP contribution in [0.25, 0.3) is 0 Å². The van der Waals surface area contributed by atoms with Gasteiger partial charge >= 0.3 is 11.8 Å². The van der Waals surface area contributed by atoms with Gasteiger partial charge in [-0.3, -0.25) is 19.6 Å². The molecule has 21 heavy (non-hydrogen) atoms. The predicted octanol–water partition coefficient (Wildman–Crippen LogP) is 0.831. The van der Waals surface area contributed by atoms with Crippen LogP contribution in [0.2, 0.25) is 0 Å². The molecule has 2 aromatic rings. The van der Waals surface area contributed by atoms with Crippen molar-refractivity contribution in [3.05, 3.63) is 60.2 Å². The van der Waals surface area contributed by atoms with Crippen LogP contribution in [-0.2, 0) is 22.7 Å². The highest BCUT2D eigenvalue weighted by Crippen LogP contribution is 1.96. The quantitative estimate of drug-likeness (QED) is 0.820. The van der Waals surface area contributed by atoms with Crippen LogP contribution < -0.4 is 10.6 Å². The van der Waals surface area contributed by atoms with Crippen molar-refractivity contribution in [2.75, 3.05) is 0 Å². The molecule has 0 aliphatic carbocycles. The van der Waals surface area contributed by atoms with E-state index in [0.717, 1.165) is 11.1 Å². The molecule has 0 atom stereocenters. The first-order valence-corrected chi connectivity index (χ1v) is 6.09. The Balaban J connectivity index is 0.00000220. The summed E-state index contributed by atoms with van der Waals surface area (Å²) < 4.78 is 0. The molecule has 7 heteroatoms. The second-order valence-corrected chi connectivity index (χ2v) is 4.08. The van der Waals surface area contributed by atoms with E-state index in [0.29, 0.717) is 13.1 Å². The molecule has 2 aromatic heterocycles. The van der Waals surface area contributed by atoms with Gasteiger partial charge in [-0.1, -0.05) is 0 Å². The standard InChI is InChI=1S/C14H14N4O2.ClH/c19-13(17-9-11-1-5-15-6-2-11)14(20)18-10-12-3-7-16-8-4-12;/h1-8H,9-10H2,(H,17,19)(H,18,20);1H. The number of hydrogen-bond donors (Lipinski definition) is 2. The lowest BCUT2D eigenvalue weighted by Gasteiger charge is -2.06. The van der Waals surface area contributed by atoms with Gasteiger partial charge in [0.05, 0.1) is 0 Å². The van der Waals surface area contributed by atoms with E-state index in [9.17, 15) is 9.59 Å². The normalized spacial score (nSPS) is 9.33. The molecule has 0 radical (unpaired) electrons. The van der Waals surface area contributed by atoms with E-state index in [1.54, 1.807) is 49.1 Å². The maximum atomic E-state index is 11.6. The van der Waals surface area contributed by atoms with Gasteiger partial charge in [0.15, 0.2) is 0 Å². The van der Waals surface area contributed by atoms with Crippen molar-refractivity contribution in [2.24, 2.45) is 0 Å². The summed E-state index contributed by atoms with van der Waals surface area (Å²) in [5.74, 6) is -1.31. The van der Waals surface area contributed by atoms with E-state index in [-0.39, 0.29) is 12.4 Å². The fraction of sp³-hybridized carbons (Fsp3) is 0.143. The van der Waals surface area contributed by atoms with E-state index >= 15 is 0 Å². The fourth-order valence-electron chi connectivity index (χ4n) is 1.53. The van der Waals surface area contributed by atoms with Crippen molar-refractivity contribution in [3.8, 4) is 0 Å². The summed E-state index contributed by atoms with van der Waals surface area (Å²) in [5.41, 5.74) is 1.77. The van der Waals surface area contributed by atoms with Crippen molar-refractivity contribution < 1.29 is 9.59 Å². The summed E-state index contributed by atoms with van der Waals surface area (Å²) in [6.07, 6.45) is 6.52. The molecule has 2 rings (SSSR count). The minimum absolute atomic E-state index is 0. The van der Waals surface area contributed by atoms with Crippen LogP contribution in [0.15, 0.2) is 49.1 Å². The minimum Gasteiger partial charge on any atom is -0.344 e. The first-order valence-electron chi connectivity index (χ1n) is 6.09. The third-order valence-corrected chi connectivity index (χ3v) is 2.61. The van der Waals surface area contributed by atoms with Crippen molar-refractivity contribution in [1.82, 2.24) is 20.6 Å². The maximum Gasteiger partial charge on any atom is 0.309 e. The van der Waals surface area contributed by atoms with Crippen LogP contribution in [0.5, 0.6) is 0 Å². The van der Waals surface area contributed by atoms with Gasteiger partial charge in [0.25, 0.3) is 0 Å². The molecule has 0 aliphatic rings. The lowest BCUT2D eigenvalue weighted by atomic mass is 10.2. The molecule has 110 valence electrons. The van der Waals surface area contributed by atoms with Gasteiger partial charge < -0.3 is 10.6 Å². The Morgan fingerprint density at radius 1 is 0.762 bits per heavy atom. The molecule has 6 nitrogen and oxygen atoms in total. The fourth-order valence-corrected chi connectivity index (χ4v) is 1.53. The zero-order valence-corrected chi connectivity index (χ0v) is 12.0. The number of pyridine rings is 2. The minimum atomic E-state index is -0.657. The van der Waals surface area contributed by atoms with Gasteiger partial charge in [0, 0.05) is 37.9 Å². The number of nitrogens with one attached hydrogen (secondary N) is 2. The number of amides is 2. The third kappa shape index (κ3) is 5.58. The molecular formula is C14H15ClN4O2. The van der Waals surface area contributed by atoms with E-state index < -0.39 is 11.8 Å². The van der Waals surface area contributed by atoms with Crippen LogP contribution in [0, 0.1) is 0 Å². The molecule has 0 spiro atoms. The Kier molecular flexibility index (Phi) is 6.83. The SMILES string of the molecule is Cl.O=C(NCc1ccncc1)C(=O)NCc1ccncc1. The number of carbonyl (C=O) groups is 2. The van der Waals surface area contributed by atoms with Crippen molar-refractivity contribution in [2.45, 2.75) is 13.1 Å². The van der Waals surface area contributed by atoms with E-state index in [1.165, 1.54) is 0 Å². The van der Waals surface area contributed by atoms with Crippen molar-refractivity contribution >= 4 is 24.2 Å².